The van der Waals surface area contributed by atoms with E-state index in [0.717, 1.165) is 5.56 Å². The van der Waals surface area contributed by atoms with E-state index in [1.54, 1.807) is 45.4 Å². The number of amides is 1. The number of hydrogen-bond donors (Lipinski definition) is 2. The number of carbonyl (C=O) groups excluding carboxylic acids is 1. The van der Waals surface area contributed by atoms with Crippen LogP contribution in [0.4, 0.5) is 4.39 Å². The summed E-state index contributed by atoms with van der Waals surface area (Å²) in [5, 5.41) is 9.59. The van der Waals surface area contributed by atoms with Gasteiger partial charge in [0.1, 0.15) is 5.82 Å². The molecule has 7 nitrogen and oxygen atoms in total. The Morgan fingerprint density at radius 2 is 1.97 bits per heavy atom. The Hall–Kier alpha value is -3.07. The van der Waals surface area contributed by atoms with Crippen LogP contribution in [0.1, 0.15) is 12.5 Å². The Kier molecular flexibility index (Phi) is 6.71. The van der Waals surface area contributed by atoms with Crippen molar-refractivity contribution >= 4 is 17.7 Å². The fourth-order valence-corrected chi connectivity index (χ4v) is 3.36. The van der Waals surface area contributed by atoms with Crippen LogP contribution in [0.5, 0.6) is 11.5 Å². The van der Waals surface area contributed by atoms with E-state index in [2.05, 4.69) is 20.5 Å². The van der Waals surface area contributed by atoms with Gasteiger partial charge in [-0.3, -0.25) is 9.89 Å². The highest BCUT2D eigenvalue weighted by Crippen LogP contribution is 2.28. The van der Waals surface area contributed by atoms with Gasteiger partial charge in [0.05, 0.1) is 25.0 Å². The number of H-pyrrole nitrogens is 1. The van der Waals surface area contributed by atoms with Gasteiger partial charge in [0, 0.05) is 6.54 Å². The molecule has 0 radical (unpaired) electrons. The van der Waals surface area contributed by atoms with E-state index in [1.165, 1.54) is 17.8 Å². The zero-order chi connectivity index (χ0) is 20.8. The molecule has 0 saturated heterocycles. The second kappa shape index (κ2) is 9.42. The van der Waals surface area contributed by atoms with Gasteiger partial charge < -0.3 is 14.8 Å². The molecule has 2 N–H and O–H groups in total. The van der Waals surface area contributed by atoms with Gasteiger partial charge >= 0.3 is 0 Å². The van der Waals surface area contributed by atoms with Crippen molar-refractivity contribution in [3.63, 3.8) is 0 Å². The van der Waals surface area contributed by atoms with E-state index in [0.29, 0.717) is 34.6 Å². The van der Waals surface area contributed by atoms with Crippen LogP contribution in [-0.2, 0) is 11.3 Å². The van der Waals surface area contributed by atoms with E-state index in [4.69, 9.17) is 9.47 Å². The van der Waals surface area contributed by atoms with Gasteiger partial charge in [-0.2, -0.15) is 0 Å². The van der Waals surface area contributed by atoms with Crippen LogP contribution in [-0.4, -0.2) is 40.6 Å². The number of carbonyl (C=O) groups is 1. The van der Waals surface area contributed by atoms with Gasteiger partial charge in [-0.25, -0.2) is 9.37 Å². The average Bonchev–Trinajstić information content (AvgIpc) is 3.20. The topological polar surface area (TPSA) is 89.1 Å². The van der Waals surface area contributed by atoms with E-state index in [1.807, 2.05) is 12.1 Å². The monoisotopic (exact) mass is 416 g/mol. The number of thioether (sulfide) groups is 1. The summed E-state index contributed by atoms with van der Waals surface area (Å²) in [4.78, 5) is 16.7. The third-order valence-corrected chi connectivity index (χ3v) is 5.12. The maximum atomic E-state index is 13.9. The molecule has 3 aromatic rings. The Labute approximate surface area is 172 Å². The molecule has 1 amide bonds. The molecule has 0 bridgehead atoms. The standard InChI is InChI=1S/C20H21FN4O3S/c1-12(19(26)22-11-13-8-9-16(27-2)17(10-13)28-3)29-20-23-18(24-25-20)14-6-4-5-7-15(14)21/h4-10,12H,11H2,1-3H3,(H,22,26)(H,23,24,25)/t12-/m0/s1. The summed E-state index contributed by atoms with van der Waals surface area (Å²) >= 11 is 1.19. The number of halogens is 1. The molecule has 1 heterocycles. The molecule has 1 aromatic heterocycles. The third kappa shape index (κ3) is 5.05. The number of aromatic nitrogens is 3. The second-order valence-corrected chi connectivity index (χ2v) is 7.42. The molecule has 0 spiro atoms. The lowest BCUT2D eigenvalue weighted by molar-refractivity contribution is -0.120. The molecule has 0 fully saturated rings. The third-order valence-electron chi connectivity index (χ3n) is 4.16. The van der Waals surface area contributed by atoms with E-state index >= 15 is 0 Å². The minimum absolute atomic E-state index is 0.165. The molecule has 0 aliphatic carbocycles. The van der Waals surface area contributed by atoms with Crippen LogP contribution in [0.25, 0.3) is 11.4 Å². The molecule has 2 aromatic carbocycles. The molecular weight excluding hydrogens is 395 g/mol. The van der Waals surface area contributed by atoms with Gasteiger partial charge in [-0.05, 0) is 36.8 Å². The van der Waals surface area contributed by atoms with Crippen molar-refractivity contribution in [2.45, 2.75) is 23.9 Å². The SMILES string of the molecule is COc1ccc(CNC(=O)[C@H](C)Sc2n[nH]c(-c3ccccc3F)n2)cc1OC. The number of rotatable bonds is 8. The molecule has 152 valence electrons. The highest BCUT2D eigenvalue weighted by molar-refractivity contribution is 8.00. The minimum atomic E-state index is -0.431. The number of aromatic amines is 1. The van der Waals surface area contributed by atoms with Crippen LogP contribution in [0.3, 0.4) is 0 Å². The van der Waals surface area contributed by atoms with Crippen molar-refractivity contribution in [2.24, 2.45) is 0 Å². The summed E-state index contributed by atoms with van der Waals surface area (Å²) in [5.41, 5.74) is 1.21. The Bertz CT molecular complexity index is 995. The molecule has 9 heteroatoms. The summed E-state index contributed by atoms with van der Waals surface area (Å²) in [6, 6.07) is 11.8. The number of nitrogens with one attached hydrogen (secondary N) is 2. The van der Waals surface area contributed by atoms with Crippen molar-refractivity contribution in [3.05, 3.63) is 53.8 Å². The van der Waals surface area contributed by atoms with Crippen molar-refractivity contribution < 1.29 is 18.7 Å². The zero-order valence-electron chi connectivity index (χ0n) is 16.2. The van der Waals surface area contributed by atoms with Crippen LogP contribution in [0.2, 0.25) is 0 Å². The lowest BCUT2D eigenvalue weighted by Gasteiger charge is -2.12. The predicted octanol–water partition coefficient (Wildman–Crippen LogP) is 3.43. The van der Waals surface area contributed by atoms with E-state index in [-0.39, 0.29) is 11.7 Å². The smallest absolute Gasteiger partial charge is 0.233 e. The van der Waals surface area contributed by atoms with Crippen molar-refractivity contribution in [3.8, 4) is 22.9 Å². The summed E-state index contributed by atoms with van der Waals surface area (Å²) in [5.74, 6) is 0.997. The number of hydrogen-bond acceptors (Lipinski definition) is 6. The first-order chi connectivity index (χ1) is 14.0. The molecule has 0 saturated carbocycles. The fourth-order valence-electron chi connectivity index (χ4n) is 2.61. The van der Waals surface area contributed by atoms with Crippen molar-refractivity contribution in [1.29, 1.82) is 0 Å². The number of nitrogens with zero attached hydrogens (tertiary/aromatic N) is 2. The minimum Gasteiger partial charge on any atom is -0.493 e. The largest absolute Gasteiger partial charge is 0.493 e. The zero-order valence-corrected chi connectivity index (χ0v) is 17.0. The highest BCUT2D eigenvalue weighted by atomic mass is 32.2. The lowest BCUT2D eigenvalue weighted by atomic mass is 10.2. The maximum Gasteiger partial charge on any atom is 0.233 e. The molecule has 1 atom stereocenters. The summed E-state index contributed by atoms with van der Waals surface area (Å²) in [7, 11) is 3.13. The molecule has 3 rings (SSSR count). The van der Waals surface area contributed by atoms with Crippen molar-refractivity contribution in [1.82, 2.24) is 20.5 Å². The van der Waals surface area contributed by atoms with Crippen LogP contribution >= 0.6 is 11.8 Å². The Morgan fingerprint density at radius 3 is 2.69 bits per heavy atom. The van der Waals surface area contributed by atoms with Gasteiger partial charge in [-0.15, -0.1) is 5.10 Å². The summed E-state index contributed by atoms with van der Waals surface area (Å²) in [6.07, 6.45) is 0. The molecule has 0 aliphatic heterocycles. The summed E-state index contributed by atoms with van der Waals surface area (Å²) < 4.78 is 24.3. The number of benzene rings is 2. The van der Waals surface area contributed by atoms with Crippen LogP contribution in [0.15, 0.2) is 47.6 Å². The van der Waals surface area contributed by atoms with E-state index in [9.17, 15) is 9.18 Å². The first kappa shape index (κ1) is 20.7. The highest BCUT2D eigenvalue weighted by Gasteiger charge is 2.18. The lowest BCUT2D eigenvalue weighted by Crippen LogP contribution is -2.30. The predicted molar refractivity (Wildman–Crippen MR) is 108 cm³/mol. The molecule has 29 heavy (non-hydrogen) atoms. The van der Waals surface area contributed by atoms with Crippen molar-refractivity contribution in [2.75, 3.05) is 14.2 Å². The molecule has 0 unspecified atom stereocenters. The Balaban J connectivity index is 1.58. The van der Waals surface area contributed by atoms with Gasteiger partial charge in [0.2, 0.25) is 11.1 Å². The first-order valence-electron chi connectivity index (χ1n) is 8.84. The first-order valence-corrected chi connectivity index (χ1v) is 9.72. The second-order valence-electron chi connectivity index (χ2n) is 6.11. The summed E-state index contributed by atoms with van der Waals surface area (Å²) in [6.45, 7) is 2.10. The molecular formula is C20H21FN4O3S. The van der Waals surface area contributed by atoms with Gasteiger partial charge in [0.15, 0.2) is 17.3 Å². The van der Waals surface area contributed by atoms with Gasteiger partial charge in [0.25, 0.3) is 0 Å². The maximum absolute atomic E-state index is 13.9. The number of ether oxygens (including phenoxy) is 2. The molecule has 0 aliphatic rings. The number of methoxy groups -OCH3 is 2. The average molecular weight is 416 g/mol. The van der Waals surface area contributed by atoms with E-state index < -0.39 is 5.25 Å². The Morgan fingerprint density at radius 1 is 1.21 bits per heavy atom. The fraction of sp³-hybridized carbons (Fsp3) is 0.250. The quantitative estimate of drug-likeness (QED) is 0.547. The van der Waals surface area contributed by atoms with Gasteiger partial charge in [-0.1, -0.05) is 30.0 Å². The van der Waals surface area contributed by atoms with Crippen LogP contribution in [0, 0.1) is 5.82 Å². The van der Waals surface area contributed by atoms with Crippen LogP contribution < -0.4 is 14.8 Å². The normalized spacial score (nSPS) is 11.7.